The first-order valence-corrected chi connectivity index (χ1v) is 10.6. The lowest BCUT2D eigenvalue weighted by atomic mass is 10.1. The highest BCUT2D eigenvalue weighted by molar-refractivity contribution is 5.77. The number of amides is 1. The number of nitrogens with zero attached hydrogens (tertiary/aromatic N) is 2. The minimum atomic E-state index is -0.381. The first-order valence-electron chi connectivity index (χ1n) is 10.6. The van der Waals surface area contributed by atoms with Crippen LogP contribution >= 0.6 is 0 Å². The number of aromatic nitrogens is 2. The number of carbonyl (C=O) groups excluding carboxylic acids is 1. The molecule has 1 N–H and O–H groups in total. The summed E-state index contributed by atoms with van der Waals surface area (Å²) >= 11 is 0. The van der Waals surface area contributed by atoms with Crippen molar-refractivity contribution in [2.45, 2.75) is 38.1 Å². The number of aromatic amines is 1. The van der Waals surface area contributed by atoms with Crippen LogP contribution in [0, 0.1) is 11.6 Å². The molecule has 0 bridgehead atoms. The van der Waals surface area contributed by atoms with E-state index in [0.29, 0.717) is 32.4 Å². The average Bonchev–Trinajstić information content (AvgIpc) is 3.44. The first kappa shape index (κ1) is 21.0. The Kier molecular flexibility index (Phi) is 6.60. The van der Waals surface area contributed by atoms with E-state index in [1.54, 1.807) is 30.3 Å². The number of ether oxygens (including phenoxy) is 1. The van der Waals surface area contributed by atoms with Crippen LogP contribution in [0.15, 0.2) is 54.6 Å². The molecule has 0 radical (unpaired) electrons. The number of nitrogens with one attached hydrogen (secondary N) is 1. The molecule has 1 saturated heterocycles. The van der Waals surface area contributed by atoms with E-state index >= 15 is 0 Å². The Morgan fingerprint density at radius 2 is 1.94 bits per heavy atom. The van der Waals surface area contributed by atoms with Gasteiger partial charge in [-0.1, -0.05) is 24.3 Å². The number of aryl methyl sites for hydroxylation is 1. The van der Waals surface area contributed by atoms with E-state index in [4.69, 9.17) is 4.74 Å². The van der Waals surface area contributed by atoms with Gasteiger partial charge in [0, 0.05) is 25.1 Å². The second-order valence-corrected chi connectivity index (χ2v) is 7.72. The van der Waals surface area contributed by atoms with E-state index in [2.05, 4.69) is 10.2 Å². The van der Waals surface area contributed by atoms with E-state index in [0.717, 1.165) is 29.8 Å². The van der Waals surface area contributed by atoms with Crippen molar-refractivity contribution in [2.75, 3.05) is 13.2 Å². The van der Waals surface area contributed by atoms with E-state index in [1.807, 2.05) is 11.0 Å². The van der Waals surface area contributed by atoms with Crippen LogP contribution in [-0.2, 0) is 17.6 Å². The number of H-pyrrole nitrogens is 1. The van der Waals surface area contributed by atoms with Crippen molar-refractivity contribution in [3.8, 4) is 5.75 Å². The summed E-state index contributed by atoms with van der Waals surface area (Å²) in [6, 6.07) is 14.5. The quantitative estimate of drug-likeness (QED) is 0.574. The molecule has 1 fully saturated rings. The van der Waals surface area contributed by atoms with Gasteiger partial charge in [-0.05, 0) is 55.2 Å². The van der Waals surface area contributed by atoms with E-state index in [9.17, 15) is 13.6 Å². The van der Waals surface area contributed by atoms with Crippen molar-refractivity contribution in [3.05, 3.63) is 83.2 Å². The van der Waals surface area contributed by atoms with Gasteiger partial charge in [-0.15, -0.1) is 0 Å². The largest absolute Gasteiger partial charge is 0.490 e. The number of hydrogen-bond donors (Lipinski definition) is 1. The van der Waals surface area contributed by atoms with Crippen molar-refractivity contribution in [3.63, 3.8) is 0 Å². The molecule has 5 nitrogen and oxygen atoms in total. The summed E-state index contributed by atoms with van der Waals surface area (Å²) in [6.07, 6.45) is 3.34. The van der Waals surface area contributed by atoms with Gasteiger partial charge in [0.15, 0.2) is 11.6 Å². The lowest BCUT2D eigenvalue weighted by molar-refractivity contribution is -0.132. The second-order valence-electron chi connectivity index (χ2n) is 7.72. The molecule has 1 aliphatic rings. The summed E-state index contributed by atoms with van der Waals surface area (Å²) in [5.74, 6) is -0.341. The van der Waals surface area contributed by atoms with E-state index < -0.39 is 0 Å². The molecule has 2 heterocycles. The standard InChI is InChI=1S/C24H25F2N3O2/c25-18-10-7-17(8-11-18)9-12-24(30)29-14-3-5-22(29)21-16-19(27-28-21)13-15-31-23-6-2-1-4-20(23)26/h1-2,4,6-8,10-11,16,22H,3,5,9,12-15H2,(H,27,28)/t22-/m1/s1. The lowest BCUT2D eigenvalue weighted by Gasteiger charge is -2.23. The smallest absolute Gasteiger partial charge is 0.223 e. The van der Waals surface area contributed by atoms with Crippen molar-refractivity contribution < 1.29 is 18.3 Å². The molecule has 0 saturated carbocycles. The van der Waals surface area contributed by atoms with Gasteiger partial charge in [0.05, 0.1) is 18.3 Å². The Balaban J connectivity index is 1.31. The average molecular weight is 425 g/mol. The Morgan fingerprint density at radius 1 is 1.13 bits per heavy atom. The van der Waals surface area contributed by atoms with Gasteiger partial charge in [0.25, 0.3) is 0 Å². The highest BCUT2D eigenvalue weighted by atomic mass is 19.1. The predicted molar refractivity (Wildman–Crippen MR) is 113 cm³/mol. The molecule has 7 heteroatoms. The molecule has 0 unspecified atom stereocenters. The molecule has 1 atom stereocenters. The zero-order valence-corrected chi connectivity index (χ0v) is 17.2. The molecule has 2 aromatic carbocycles. The van der Waals surface area contributed by atoms with Crippen molar-refractivity contribution in [2.24, 2.45) is 0 Å². The summed E-state index contributed by atoms with van der Waals surface area (Å²) in [6.45, 7) is 1.04. The van der Waals surface area contributed by atoms with E-state index in [-0.39, 0.29) is 29.3 Å². The van der Waals surface area contributed by atoms with Crippen LogP contribution in [0.25, 0.3) is 0 Å². The Hall–Kier alpha value is -3.22. The predicted octanol–water partition coefficient (Wildman–Crippen LogP) is 4.61. The molecule has 1 amide bonds. The Morgan fingerprint density at radius 3 is 2.74 bits per heavy atom. The molecular formula is C24H25F2N3O2. The monoisotopic (exact) mass is 425 g/mol. The van der Waals surface area contributed by atoms with Gasteiger partial charge in [0.1, 0.15) is 5.82 Å². The number of carbonyl (C=O) groups is 1. The Labute approximate surface area is 180 Å². The van der Waals surface area contributed by atoms with Crippen LogP contribution in [0.2, 0.25) is 0 Å². The molecule has 1 aliphatic heterocycles. The third-order valence-corrected chi connectivity index (χ3v) is 5.57. The molecule has 4 rings (SSSR count). The molecule has 0 spiro atoms. The molecule has 3 aromatic rings. The fourth-order valence-corrected chi connectivity index (χ4v) is 3.93. The van der Waals surface area contributed by atoms with Crippen molar-refractivity contribution in [1.29, 1.82) is 0 Å². The third kappa shape index (κ3) is 5.29. The van der Waals surface area contributed by atoms with Gasteiger partial charge >= 0.3 is 0 Å². The summed E-state index contributed by atoms with van der Waals surface area (Å²) in [7, 11) is 0. The van der Waals surface area contributed by atoms with Crippen LogP contribution in [0.1, 0.15) is 42.3 Å². The number of halogens is 2. The number of rotatable bonds is 8. The zero-order chi connectivity index (χ0) is 21.6. The van der Waals surface area contributed by atoms with Gasteiger partial charge < -0.3 is 9.64 Å². The maximum Gasteiger partial charge on any atom is 0.223 e. The van der Waals surface area contributed by atoms with Crippen LogP contribution in [0.4, 0.5) is 8.78 Å². The summed E-state index contributed by atoms with van der Waals surface area (Å²) < 4.78 is 32.2. The fraction of sp³-hybridized carbons (Fsp3) is 0.333. The van der Waals surface area contributed by atoms with Crippen LogP contribution in [0.5, 0.6) is 5.75 Å². The van der Waals surface area contributed by atoms with Crippen LogP contribution in [-0.4, -0.2) is 34.2 Å². The van der Waals surface area contributed by atoms with Crippen molar-refractivity contribution in [1.82, 2.24) is 15.1 Å². The lowest BCUT2D eigenvalue weighted by Crippen LogP contribution is -2.30. The number of likely N-dealkylation sites (tertiary alicyclic amines) is 1. The third-order valence-electron chi connectivity index (χ3n) is 5.57. The highest BCUT2D eigenvalue weighted by Crippen LogP contribution is 2.32. The summed E-state index contributed by atoms with van der Waals surface area (Å²) in [5, 5.41) is 7.42. The molecule has 0 aliphatic carbocycles. The minimum Gasteiger partial charge on any atom is -0.490 e. The molecule has 1 aromatic heterocycles. The SMILES string of the molecule is O=C(CCc1ccc(F)cc1)N1CCC[C@@H]1c1cc(CCOc2ccccc2F)[nH]n1. The molecule has 162 valence electrons. The minimum absolute atomic E-state index is 0.0433. The van der Waals surface area contributed by atoms with Gasteiger partial charge in [0.2, 0.25) is 5.91 Å². The fourth-order valence-electron chi connectivity index (χ4n) is 3.93. The second kappa shape index (κ2) is 9.73. The first-order chi connectivity index (χ1) is 15.1. The zero-order valence-electron chi connectivity index (χ0n) is 17.2. The maximum atomic E-state index is 13.6. The normalized spacial score (nSPS) is 15.9. The Bertz CT molecular complexity index is 1020. The molecular weight excluding hydrogens is 400 g/mol. The van der Waals surface area contributed by atoms with Gasteiger partial charge in [-0.2, -0.15) is 5.10 Å². The number of para-hydroxylation sites is 1. The van der Waals surface area contributed by atoms with Gasteiger partial charge in [-0.3, -0.25) is 9.89 Å². The topological polar surface area (TPSA) is 58.2 Å². The number of benzene rings is 2. The highest BCUT2D eigenvalue weighted by Gasteiger charge is 2.31. The van der Waals surface area contributed by atoms with Crippen LogP contribution in [0.3, 0.4) is 0 Å². The molecule has 31 heavy (non-hydrogen) atoms. The maximum absolute atomic E-state index is 13.6. The number of hydrogen-bond acceptors (Lipinski definition) is 3. The van der Waals surface area contributed by atoms with Crippen molar-refractivity contribution >= 4 is 5.91 Å². The van der Waals surface area contributed by atoms with E-state index in [1.165, 1.54) is 18.2 Å². The summed E-state index contributed by atoms with van der Waals surface area (Å²) in [4.78, 5) is 14.7. The van der Waals surface area contributed by atoms with Gasteiger partial charge in [-0.25, -0.2) is 8.78 Å². The van der Waals surface area contributed by atoms with Crippen LogP contribution < -0.4 is 4.74 Å². The summed E-state index contributed by atoms with van der Waals surface area (Å²) in [5.41, 5.74) is 2.67.